The van der Waals surface area contributed by atoms with Crippen LogP contribution in [-0.4, -0.2) is 22.9 Å². The number of carbonyl (C=O) groups excluding carboxylic acids is 1. The van der Waals surface area contributed by atoms with Crippen LogP contribution in [0, 0.1) is 0 Å². The molecule has 1 aromatic rings. The quantitative estimate of drug-likeness (QED) is 0.826. The lowest BCUT2D eigenvalue weighted by atomic mass is 10.1. The van der Waals surface area contributed by atoms with Crippen LogP contribution in [0.25, 0.3) is 0 Å². The summed E-state index contributed by atoms with van der Waals surface area (Å²) in [6.07, 6.45) is 5.40. The first-order valence-corrected chi connectivity index (χ1v) is 8.32. The topological polar surface area (TPSA) is 32.3 Å². The van der Waals surface area contributed by atoms with Crippen LogP contribution in [0.2, 0.25) is 0 Å². The molecule has 0 saturated carbocycles. The second kappa shape index (κ2) is 7.60. The third-order valence-electron chi connectivity index (χ3n) is 4.33. The number of nitrogens with zero attached hydrogens (tertiary/aromatic N) is 1. The van der Waals surface area contributed by atoms with Gasteiger partial charge in [0, 0.05) is 6.04 Å². The normalized spacial score (nSPS) is 23.6. The number of amides is 1. The van der Waals surface area contributed by atoms with Crippen molar-refractivity contribution in [3.05, 3.63) is 35.9 Å². The summed E-state index contributed by atoms with van der Waals surface area (Å²) in [5.74, 6) is 0.273. The summed E-state index contributed by atoms with van der Waals surface area (Å²) in [5.41, 5.74) is 1.19. The fourth-order valence-corrected chi connectivity index (χ4v) is 3.15. The zero-order valence-electron chi connectivity index (χ0n) is 13.5. The van der Waals surface area contributed by atoms with Gasteiger partial charge in [-0.15, -0.1) is 0 Å². The number of unbranched alkanes of at least 4 members (excludes halogenated alkanes) is 1. The molecule has 3 unspecified atom stereocenters. The summed E-state index contributed by atoms with van der Waals surface area (Å²) in [5, 5.41) is 3.54. The predicted molar refractivity (Wildman–Crippen MR) is 86.8 cm³/mol. The van der Waals surface area contributed by atoms with Gasteiger partial charge in [0.2, 0.25) is 5.91 Å². The molecule has 3 nitrogen and oxygen atoms in total. The van der Waals surface area contributed by atoms with E-state index in [1.54, 1.807) is 0 Å². The van der Waals surface area contributed by atoms with Crippen LogP contribution in [0.5, 0.6) is 0 Å². The second-order valence-corrected chi connectivity index (χ2v) is 6.06. The average molecular weight is 288 g/mol. The molecule has 3 heteroatoms. The molecule has 1 aromatic carbocycles. The molecule has 0 aromatic heterocycles. The Kier molecular flexibility index (Phi) is 5.80. The molecule has 1 saturated heterocycles. The van der Waals surface area contributed by atoms with Gasteiger partial charge in [-0.05, 0) is 25.3 Å². The van der Waals surface area contributed by atoms with Crippen LogP contribution in [0.15, 0.2) is 30.3 Å². The molecular weight excluding hydrogens is 260 g/mol. The monoisotopic (exact) mass is 288 g/mol. The predicted octanol–water partition coefficient (Wildman–Crippen LogP) is 3.86. The van der Waals surface area contributed by atoms with Gasteiger partial charge in [-0.1, -0.05) is 63.4 Å². The maximum atomic E-state index is 12.7. The van der Waals surface area contributed by atoms with Crippen molar-refractivity contribution in [3.8, 4) is 0 Å². The highest BCUT2D eigenvalue weighted by Gasteiger charge is 2.40. The Balaban J connectivity index is 2.20. The van der Waals surface area contributed by atoms with Gasteiger partial charge in [-0.25, -0.2) is 0 Å². The molecule has 1 fully saturated rings. The third-order valence-corrected chi connectivity index (χ3v) is 4.33. The minimum Gasteiger partial charge on any atom is -0.319 e. The standard InChI is InChI=1S/C18H28N2O/c1-4-6-11-14(3)20-17(15-12-8-7-9-13-15)19-16(10-5-2)18(20)21/h7-9,12-14,16-17,19H,4-6,10-11H2,1-3H3. The average Bonchev–Trinajstić information content (AvgIpc) is 2.83. The van der Waals surface area contributed by atoms with Gasteiger partial charge >= 0.3 is 0 Å². The summed E-state index contributed by atoms with van der Waals surface area (Å²) >= 11 is 0. The number of hydrogen-bond acceptors (Lipinski definition) is 2. The fourth-order valence-electron chi connectivity index (χ4n) is 3.15. The van der Waals surface area contributed by atoms with E-state index in [9.17, 15) is 4.79 Å². The molecule has 0 aliphatic carbocycles. The summed E-state index contributed by atoms with van der Waals surface area (Å²) in [7, 11) is 0. The van der Waals surface area contributed by atoms with Gasteiger partial charge in [0.1, 0.15) is 6.17 Å². The lowest BCUT2D eigenvalue weighted by molar-refractivity contribution is -0.132. The van der Waals surface area contributed by atoms with Crippen molar-refractivity contribution in [1.29, 1.82) is 0 Å². The molecule has 1 aliphatic rings. The summed E-state index contributed by atoms with van der Waals surface area (Å²) < 4.78 is 0. The van der Waals surface area contributed by atoms with Gasteiger partial charge in [-0.2, -0.15) is 0 Å². The first-order valence-electron chi connectivity index (χ1n) is 8.32. The second-order valence-electron chi connectivity index (χ2n) is 6.06. The van der Waals surface area contributed by atoms with E-state index in [1.807, 2.05) is 18.2 Å². The van der Waals surface area contributed by atoms with Crippen LogP contribution in [0.1, 0.15) is 64.6 Å². The largest absolute Gasteiger partial charge is 0.319 e. The number of carbonyl (C=O) groups is 1. The zero-order valence-corrected chi connectivity index (χ0v) is 13.5. The fraction of sp³-hybridized carbons (Fsp3) is 0.611. The van der Waals surface area contributed by atoms with Gasteiger partial charge in [0.05, 0.1) is 6.04 Å². The van der Waals surface area contributed by atoms with E-state index in [0.29, 0.717) is 0 Å². The Hall–Kier alpha value is -1.35. The van der Waals surface area contributed by atoms with E-state index in [1.165, 1.54) is 18.4 Å². The molecule has 3 atom stereocenters. The van der Waals surface area contributed by atoms with Gasteiger partial charge < -0.3 is 4.90 Å². The molecule has 2 rings (SSSR count). The Morgan fingerprint density at radius 1 is 1.19 bits per heavy atom. The van der Waals surface area contributed by atoms with Crippen molar-refractivity contribution in [2.45, 2.75) is 71.1 Å². The van der Waals surface area contributed by atoms with Crippen molar-refractivity contribution in [2.75, 3.05) is 0 Å². The van der Waals surface area contributed by atoms with Crippen molar-refractivity contribution < 1.29 is 4.79 Å². The molecule has 0 radical (unpaired) electrons. The van der Waals surface area contributed by atoms with E-state index < -0.39 is 0 Å². The van der Waals surface area contributed by atoms with E-state index >= 15 is 0 Å². The molecule has 0 spiro atoms. The Morgan fingerprint density at radius 3 is 2.52 bits per heavy atom. The van der Waals surface area contributed by atoms with Gasteiger partial charge in [0.25, 0.3) is 0 Å². The number of rotatable bonds is 7. The van der Waals surface area contributed by atoms with Crippen LogP contribution >= 0.6 is 0 Å². The molecule has 0 bridgehead atoms. The van der Waals surface area contributed by atoms with Gasteiger partial charge in [-0.3, -0.25) is 10.1 Å². The molecule has 21 heavy (non-hydrogen) atoms. The number of benzene rings is 1. The first-order chi connectivity index (χ1) is 10.2. The van der Waals surface area contributed by atoms with Crippen LogP contribution in [0.3, 0.4) is 0 Å². The maximum Gasteiger partial charge on any atom is 0.241 e. The maximum absolute atomic E-state index is 12.7. The highest BCUT2D eigenvalue weighted by atomic mass is 16.2. The molecule has 116 valence electrons. The molecule has 1 heterocycles. The lowest BCUT2D eigenvalue weighted by Crippen LogP contribution is -2.38. The Bertz CT molecular complexity index is 446. The Morgan fingerprint density at radius 2 is 1.90 bits per heavy atom. The van der Waals surface area contributed by atoms with Crippen LogP contribution in [0.4, 0.5) is 0 Å². The number of hydrogen-bond donors (Lipinski definition) is 1. The minimum absolute atomic E-state index is 0.0238. The van der Waals surface area contributed by atoms with Gasteiger partial charge in [0.15, 0.2) is 0 Å². The smallest absolute Gasteiger partial charge is 0.241 e. The van der Waals surface area contributed by atoms with Crippen molar-refractivity contribution in [2.24, 2.45) is 0 Å². The zero-order chi connectivity index (χ0) is 15.2. The highest BCUT2D eigenvalue weighted by molar-refractivity contribution is 5.84. The minimum atomic E-state index is -0.0238. The Labute approximate surface area is 128 Å². The van der Waals surface area contributed by atoms with E-state index in [0.717, 1.165) is 19.3 Å². The summed E-state index contributed by atoms with van der Waals surface area (Å²) in [4.78, 5) is 14.8. The van der Waals surface area contributed by atoms with E-state index in [-0.39, 0.29) is 24.2 Å². The SMILES string of the molecule is CCCCC(C)N1C(=O)C(CCC)NC1c1ccccc1. The molecular formula is C18H28N2O. The number of nitrogens with one attached hydrogen (secondary N) is 1. The molecule has 1 amide bonds. The van der Waals surface area contributed by atoms with Crippen LogP contribution in [-0.2, 0) is 4.79 Å². The lowest BCUT2D eigenvalue weighted by Gasteiger charge is -2.30. The van der Waals surface area contributed by atoms with Crippen molar-refractivity contribution in [3.63, 3.8) is 0 Å². The first kappa shape index (κ1) is 16.0. The molecule has 1 N–H and O–H groups in total. The summed E-state index contributed by atoms with van der Waals surface area (Å²) in [6, 6.07) is 10.6. The van der Waals surface area contributed by atoms with Crippen LogP contribution < -0.4 is 5.32 Å². The molecule has 1 aliphatic heterocycles. The summed E-state index contributed by atoms with van der Waals surface area (Å²) in [6.45, 7) is 6.51. The van der Waals surface area contributed by atoms with E-state index in [4.69, 9.17) is 0 Å². The highest BCUT2D eigenvalue weighted by Crippen LogP contribution is 2.30. The van der Waals surface area contributed by atoms with E-state index in [2.05, 4.69) is 43.1 Å². The van der Waals surface area contributed by atoms with Crippen molar-refractivity contribution in [1.82, 2.24) is 10.2 Å². The van der Waals surface area contributed by atoms with Crippen molar-refractivity contribution >= 4 is 5.91 Å². The third kappa shape index (κ3) is 3.65.